The third-order valence-electron chi connectivity index (χ3n) is 6.34. The Kier molecular flexibility index (Phi) is 7.27. The zero-order chi connectivity index (χ0) is 27.2. The molecule has 8 nitrogen and oxygen atoms in total. The lowest BCUT2D eigenvalue weighted by molar-refractivity contribution is -0.250. The second-order valence-electron chi connectivity index (χ2n) is 9.81. The molecule has 0 aromatic carbocycles. The van der Waals surface area contributed by atoms with Crippen LogP contribution in [0.2, 0.25) is 0 Å². The Morgan fingerprint density at radius 1 is 0.750 bits per heavy atom. The van der Waals surface area contributed by atoms with Crippen LogP contribution in [0.15, 0.2) is 0 Å². The number of halogens is 7. The summed E-state index contributed by atoms with van der Waals surface area (Å²) < 4.78 is 109. The molecule has 2 unspecified atom stereocenters. The van der Waals surface area contributed by atoms with E-state index in [9.17, 15) is 49.9 Å². The summed E-state index contributed by atoms with van der Waals surface area (Å²) in [5, 5.41) is 0. The van der Waals surface area contributed by atoms with Gasteiger partial charge in [0, 0.05) is 13.3 Å². The number of rotatable bonds is 9. The van der Waals surface area contributed by atoms with Crippen LogP contribution in [-0.4, -0.2) is 66.3 Å². The number of alkyl halides is 7. The molecule has 36 heavy (non-hydrogen) atoms. The maximum atomic E-state index is 13.9. The smallest absolute Gasteiger partial charge is 0.395 e. The van der Waals surface area contributed by atoms with Gasteiger partial charge in [0.2, 0.25) is 0 Å². The molecule has 15 heteroatoms. The minimum Gasteiger partial charge on any atom is -0.456 e. The number of carbonyl (C=O) groups excluding carboxylic acids is 4. The van der Waals surface area contributed by atoms with Crippen LogP contribution in [0.1, 0.15) is 51.9 Å². The molecule has 4 rings (SSSR count). The summed E-state index contributed by atoms with van der Waals surface area (Å²) >= 11 is 0. The average molecular weight is 536 g/mol. The maximum Gasteiger partial charge on any atom is 0.395 e. The van der Waals surface area contributed by atoms with Crippen molar-refractivity contribution in [1.82, 2.24) is 0 Å². The summed E-state index contributed by atoms with van der Waals surface area (Å²) in [4.78, 5) is 46.8. The lowest BCUT2D eigenvalue weighted by Gasteiger charge is -2.60. The summed E-state index contributed by atoms with van der Waals surface area (Å²) in [5.41, 5.74) is -2.81. The lowest BCUT2D eigenvalue weighted by atomic mass is 9.52. The molecule has 0 aromatic heterocycles. The van der Waals surface area contributed by atoms with Gasteiger partial charge in [-0.1, -0.05) is 0 Å². The van der Waals surface area contributed by atoms with E-state index >= 15 is 0 Å². The van der Waals surface area contributed by atoms with E-state index < -0.39 is 72.7 Å². The van der Waals surface area contributed by atoms with Gasteiger partial charge in [0.05, 0.1) is 0 Å². The molecule has 204 valence electrons. The van der Waals surface area contributed by atoms with Crippen LogP contribution in [0.25, 0.3) is 0 Å². The summed E-state index contributed by atoms with van der Waals surface area (Å²) in [6.45, 7) is -1.91. The van der Waals surface area contributed by atoms with Gasteiger partial charge in [0.15, 0.2) is 13.2 Å². The van der Waals surface area contributed by atoms with Crippen LogP contribution in [0.5, 0.6) is 0 Å². The molecule has 4 aliphatic carbocycles. The van der Waals surface area contributed by atoms with Crippen molar-refractivity contribution in [2.75, 3.05) is 13.2 Å². The van der Waals surface area contributed by atoms with Crippen molar-refractivity contribution in [3.63, 3.8) is 0 Å². The van der Waals surface area contributed by atoms with Crippen LogP contribution in [-0.2, 0) is 38.1 Å². The van der Waals surface area contributed by atoms with Crippen molar-refractivity contribution in [3.8, 4) is 0 Å². The molecule has 4 aliphatic rings. The van der Waals surface area contributed by atoms with Gasteiger partial charge in [-0.25, -0.2) is 19.2 Å². The van der Waals surface area contributed by atoms with Crippen molar-refractivity contribution in [1.29, 1.82) is 0 Å². The first-order chi connectivity index (χ1) is 16.3. The van der Waals surface area contributed by atoms with Crippen LogP contribution in [0.4, 0.5) is 30.7 Å². The predicted octanol–water partition coefficient (Wildman–Crippen LogP) is 3.49. The molecule has 4 fully saturated rings. The van der Waals surface area contributed by atoms with Gasteiger partial charge in [-0.05, 0) is 43.9 Å². The van der Waals surface area contributed by atoms with Gasteiger partial charge in [-0.2, -0.15) is 30.7 Å². The number of hydrogen-bond acceptors (Lipinski definition) is 8. The molecule has 2 atom stereocenters. The van der Waals surface area contributed by atoms with E-state index in [-0.39, 0.29) is 50.9 Å². The van der Waals surface area contributed by atoms with Crippen molar-refractivity contribution in [2.24, 2.45) is 11.8 Å². The van der Waals surface area contributed by atoms with E-state index in [2.05, 4.69) is 9.47 Å². The maximum absolute atomic E-state index is 13.9. The average Bonchev–Trinajstić information content (AvgIpc) is 2.66. The summed E-state index contributed by atoms with van der Waals surface area (Å²) in [7, 11) is 0. The highest BCUT2D eigenvalue weighted by molar-refractivity contribution is 5.82. The Bertz CT molecular complexity index is 897. The van der Waals surface area contributed by atoms with Gasteiger partial charge in [0.1, 0.15) is 17.6 Å². The highest BCUT2D eigenvalue weighted by atomic mass is 19.4. The van der Waals surface area contributed by atoms with Crippen LogP contribution in [0.3, 0.4) is 0 Å². The third-order valence-corrected chi connectivity index (χ3v) is 6.34. The molecular formula is C21H23F7O8. The minimum absolute atomic E-state index is 0.124. The normalized spacial score (nSPS) is 29.4. The van der Waals surface area contributed by atoms with Crippen molar-refractivity contribution in [2.45, 2.75) is 81.1 Å². The Balaban J connectivity index is 1.58. The molecular weight excluding hydrogens is 513 g/mol. The fraction of sp³-hybridized carbons (Fsp3) is 0.810. The van der Waals surface area contributed by atoms with E-state index in [4.69, 9.17) is 9.47 Å². The van der Waals surface area contributed by atoms with E-state index in [0.717, 1.165) is 0 Å². The van der Waals surface area contributed by atoms with Gasteiger partial charge in [-0.15, -0.1) is 0 Å². The zero-order valence-corrected chi connectivity index (χ0v) is 18.9. The van der Waals surface area contributed by atoms with E-state index in [1.807, 2.05) is 0 Å². The predicted molar refractivity (Wildman–Crippen MR) is 100 cm³/mol. The first-order valence-electron chi connectivity index (χ1n) is 10.9. The van der Waals surface area contributed by atoms with Gasteiger partial charge < -0.3 is 18.9 Å². The molecule has 0 N–H and O–H groups in total. The molecule has 4 saturated carbocycles. The second kappa shape index (κ2) is 9.36. The quantitative estimate of drug-likeness (QED) is 0.251. The molecule has 0 saturated heterocycles. The van der Waals surface area contributed by atoms with Crippen molar-refractivity contribution >= 4 is 23.9 Å². The van der Waals surface area contributed by atoms with Crippen LogP contribution in [0, 0.1) is 11.8 Å². The van der Waals surface area contributed by atoms with Gasteiger partial charge in [-0.3, -0.25) is 0 Å². The Hall–Kier alpha value is -2.61. The monoisotopic (exact) mass is 536 g/mol. The number of esters is 4. The van der Waals surface area contributed by atoms with Crippen molar-refractivity contribution in [3.05, 3.63) is 0 Å². The van der Waals surface area contributed by atoms with E-state index in [1.54, 1.807) is 0 Å². The summed E-state index contributed by atoms with van der Waals surface area (Å²) in [6, 6.07) is 0. The number of carbonyl (C=O) groups is 4. The van der Waals surface area contributed by atoms with E-state index in [0.29, 0.717) is 6.42 Å². The molecule has 0 amide bonds. The van der Waals surface area contributed by atoms with Crippen molar-refractivity contribution < 1.29 is 68.9 Å². The van der Waals surface area contributed by atoms with Crippen LogP contribution < -0.4 is 0 Å². The Labute approximate surface area is 199 Å². The fourth-order valence-electron chi connectivity index (χ4n) is 5.63. The highest BCUT2D eigenvalue weighted by Crippen LogP contribution is 2.60. The molecule has 0 radical (unpaired) electrons. The van der Waals surface area contributed by atoms with Crippen LogP contribution >= 0.6 is 0 Å². The zero-order valence-electron chi connectivity index (χ0n) is 18.9. The topological polar surface area (TPSA) is 105 Å². The SMILES string of the molecule is CC(F)(F)C(=O)OCC(=O)OCC(=O)OC12CC3CC(C1)CC(OC(=O)C(F)(F)CC(F)(F)F)(C3)C2. The standard InChI is InChI=1S/C21H23F7O8/c1-17(22,23)15(31)34-7-13(29)33-8-14(30)35-18-3-11-2-12(4-18)6-19(5-11,9-18)36-16(32)20(24,25)10-21(26,27)28/h11-12H,2-10H2,1H3. The molecule has 0 spiro atoms. The number of hydrogen-bond donors (Lipinski definition) is 0. The molecule has 4 bridgehead atoms. The minimum atomic E-state index is -5.30. The summed E-state index contributed by atoms with van der Waals surface area (Å²) in [5.74, 6) is -15.7. The number of ether oxygens (including phenoxy) is 4. The van der Waals surface area contributed by atoms with Gasteiger partial charge >= 0.3 is 41.9 Å². The highest BCUT2D eigenvalue weighted by Gasteiger charge is 2.63. The lowest BCUT2D eigenvalue weighted by Crippen LogP contribution is -2.62. The summed E-state index contributed by atoms with van der Waals surface area (Å²) in [6.07, 6.45) is -6.75. The van der Waals surface area contributed by atoms with E-state index in [1.165, 1.54) is 0 Å². The Morgan fingerprint density at radius 3 is 1.75 bits per heavy atom. The fourth-order valence-corrected chi connectivity index (χ4v) is 5.63. The largest absolute Gasteiger partial charge is 0.456 e. The first-order valence-corrected chi connectivity index (χ1v) is 10.9. The third kappa shape index (κ3) is 6.78. The molecule has 0 heterocycles. The Morgan fingerprint density at radius 2 is 1.25 bits per heavy atom. The second-order valence-corrected chi connectivity index (χ2v) is 9.81. The van der Waals surface area contributed by atoms with Gasteiger partial charge in [0.25, 0.3) is 0 Å². The molecule has 0 aliphatic heterocycles. The first kappa shape index (κ1) is 28.0. The molecule has 0 aromatic rings.